The number of halogens is 1. The van der Waals surface area contributed by atoms with E-state index in [1.807, 2.05) is 0 Å². The number of tetrazole rings is 1. The fourth-order valence-electron chi connectivity index (χ4n) is 2.47. The van der Waals surface area contributed by atoms with Crippen LogP contribution in [0, 0.1) is 5.82 Å². The van der Waals surface area contributed by atoms with Gasteiger partial charge in [-0.15, -0.1) is 15.0 Å². The van der Waals surface area contributed by atoms with Gasteiger partial charge < -0.3 is 15.4 Å². The average molecular weight is 396 g/mol. The minimum atomic E-state index is -0.532. The molecule has 0 bridgehead atoms. The van der Waals surface area contributed by atoms with Crippen molar-refractivity contribution in [2.75, 3.05) is 11.9 Å². The third kappa shape index (κ3) is 4.72. The van der Waals surface area contributed by atoms with Crippen molar-refractivity contribution in [3.63, 3.8) is 0 Å². The summed E-state index contributed by atoms with van der Waals surface area (Å²) in [6.07, 6.45) is 1.94. The van der Waals surface area contributed by atoms with E-state index in [1.165, 1.54) is 23.0 Å². The molecule has 1 aliphatic carbocycles. The Morgan fingerprint density at radius 3 is 2.62 bits per heavy atom. The molecule has 9 nitrogen and oxygen atoms in total. The van der Waals surface area contributed by atoms with Crippen molar-refractivity contribution >= 4 is 17.5 Å². The summed E-state index contributed by atoms with van der Waals surface area (Å²) in [7, 11) is 0. The molecule has 148 valence electrons. The van der Waals surface area contributed by atoms with Crippen molar-refractivity contribution in [2.45, 2.75) is 18.9 Å². The summed E-state index contributed by atoms with van der Waals surface area (Å²) in [4.78, 5) is 25.1. The molecule has 4 rings (SSSR count). The van der Waals surface area contributed by atoms with E-state index in [9.17, 15) is 14.0 Å². The molecule has 0 saturated heterocycles. The first-order chi connectivity index (χ1) is 14.1. The van der Waals surface area contributed by atoms with Crippen LogP contribution >= 0.6 is 0 Å². The number of rotatable bonds is 7. The second kappa shape index (κ2) is 8.05. The van der Waals surface area contributed by atoms with Crippen molar-refractivity contribution in [2.24, 2.45) is 0 Å². The highest BCUT2D eigenvalue weighted by Gasteiger charge is 2.25. The summed E-state index contributed by atoms with van der Waals surface area (Å²) < 4.78 is 18.7. The zero-order valence-corrected chi connectivity index (χ0v) is 15.2. The van der Waals surface area contributed by atoms with E-state index in [4.69, 9.17) is 4.74 Å². The molecule has 0 spiro atoms. The molecule has 1 fully saturated rings. The lowest BCUT2D eigenvalue weighted by Crippen LogP contribution is -2.26. The van der Waals surface area contributed by atoms with Crippen molar-refractivity contribution < 1.29 is 18.7 Å². The van der Waals surface area contributed by atoms with Gasteiger partial charge in [-0.2, -0.15) is 0 Å². The Kier molecular flexibility index (Phi) is 5.14. The van der Waals surface area contributed by atoms with Crippen LogP contribution in [0.1, 0.15) is 23.5 Å². The molecule has 3 aromatic rings. The zero-order valence-electron chi connectivity index (χ0n) is 15.2. The fourth-order valence-corrected chi connectivity index (χ4v) is 2.47. The van der Waals surface area contributed by atoms with Gasteiger partial charge in [-0.05, 0) is 54.5 Å². The number of benzene rings is 2. The number of ether oxygens (including phenoxy) is 1. The molecule has 0 radical (unpaired) electrons. The zero-order chi connectivity index (χ0) is 20.2. The maximum Gasteiger partial charge on any atom is 0.293 e. The van der Waals surface area contributed by atoms with Gasteiger partial charge in [0, 0.05) is 11.7 Å². The van der Waals surface area contributed by atoms with Crippen molar-refractivity contribution in [3.05, 3.63) is 60.2 Å². The first-order valence-electron chi connectivity index (χ1n) is 8.97. The minimum Gasteiger partial charge on any atom is -0.481 e. The Hall–Kier alpha value is -3.82. The lowest BCUT2D eigenvalue weighted by Gasteiger charge is -2.08. The van der Waals surface area contributed by atoms with E-state index in [0.717, 1.165) is 12.8 Å². The lowest BCUT2D eigenvalue weighted by molar-refractivity contribution is -0.118. The molecule has 29 heavy (non-hydrogen) atoms. The van der Waals surface area contributed by atoms with Crippen LogP contribution in [0.4, 0.5) is 10.1 Å². The Morgan fingerprint density at radius 2 is 1.90 bits per heavy atom. The van der Waals surface area contributed by atoms with Gasteiger partial charge in [0.05, 0.1) is 5.69 Å². The van der Waals surface area contributed by atoms with Crippen LogP contribution in [0.2, 0.25) is 0 Å². The number of nitrogens with zero attached hydrogens (tertiary/aromatic N) is 4. The van der Waals surface area contributed by atoms with Crippen molar-refractivity contribution in [1.82, 2.24) is 25.5 Å². The standard InChI is InChI=1S/C19H17FN6O3/c20-15-3-1-2-4-16(15)29-11-17(27)21-12-7-9-14(10-8-12)26-24-18(23-25-26)19(28)22-13-5-6-13/h1-4,7-10,13H,5-6,11H2,(H,21,27)(H,22,28). The molecule has 10 heteroatoms. The van der Waals surface area contributed by atoms with Gasteiger partial charge >= 0.3 is 0 Å². The molecule has 0 unspecified atom stereocenters. The van der Waals surface area contributed by atoms with Gasteiger partial charge in [0.15, 0.2) is 18.2 Å². The molecule has 1 aliphatic rings. The van der Waals surface area contributed by atoms with Gasteiger partial charge in [-0.25, -0.2) is 4.39 Å². The Labute approximate surface area is 164 Å². The number of anilines is 1. The van der Waals surface area contributed by atoms with Crippen molar-refractivity contribution in [1.29, 1.82) is 0 Å². The third-order valence-corrected chi connectivity index (χ3v) is 4.11. The molecule has 0 atom stereocenters. The van der Waals surface area contributed by atoms with Crippen LogP contribution in [-0.4, -0.2) is 44.7 Å². The minimum absolute atomic E-state index is 0.000396. The smallest absolute Gasteiger partial charge is 0.293 e. The number of hydrogen-bond donors (Lipinski definition) is 2. The van der Waals surface area contributed by atoms with Crippen LogP contribution in [0.25, 0.3) is 5.69 Å². The van der Waals surface area contributed by atoms with Gasteiger partial charge in [0.1, 0.15) is 0 Å². The van der Waals surface area contributed by atoms with Gasteiger partial charge in [0.2, 0.25) is 0 Å². The summed E-state index contributed by atoms with van der Waals surface area (Å²) in [5.74, 6) is -1.30. The largest absolute Gasteiger partial charge is 0.481 e. The highest BCUT2D eigenvalue weighted by Crippen LogP contribution is 2.19. The molecular weight excluding hydrogens is 379 g/mol. The van der Waals surface area contributed by atoms with E-state index in [0.29, 0.717) is 11.4 Å². The number of hydrogen-bond acceptors (Lipinski definition) is 6. The average Bonchev–Trinajstić information content (AvgIpc) is 3.39. The fraction of sp³-hybridized carbons (Fsp3) is 0.211. The maximum absolute atomic E-state index is 13.5. The van der Waals surface area contributed by atoms with Gasteiger partial charge in [-0.3, -0.25) is 9.59 Å². The number of para-hydroxylation sites is 1. The second-order valence-electron chi connectivity index (χ2n) is 6.46. The summed E-state index contributed by atoms with van der Waals surface area (Å²) >= 11 is 0. The van der Waals surface area contributed by atoms with Crippen LogP contribution in [0.5, 0.6) is 5.75 Å². The molecule has 2 aromatic carbocycles. The number of amides is 2. The quantitative estimate of drug-likeness (QED) is 0.629. The van der Waals surface area contributed by atoms with Gasteiger partial charge in [-0.1, -0.05) is 12.1 Å². The predicted molar refractivity (Wildman–Crippen MR) is 100 cm³/mol. The van der Waals surface area contributed by atoms with Crippen molar-refractivity contribution in [3.8, 4) is 11.4 Å². The normalized spacial score (nSPS) is 13.0. The Morgan fingerprint density at radius 1 is 1.14 bits per heavy atom. The highest BCUT2D eigenvalue weighted by molar-refractivity contribution is 5.92. The monoisotopic (exact) mass is 396 g/mol. The Bertz CT molecular complexity index is 1030. The topological polar surface area (TPSA) is 111 Å². The molecule has 1 heterocycles. The predicted octanol–water partition coefficient (Wildman–Crippen LogP) is 1.71. The van der Waals surface area contributed by atoms with Crippen LogP contribution < -0.4 is 15.4 Å². The second-order valence-corrected chi connectivity index (χ2v) is 6.46. The summed E-state index contributed by atoms with van der Waals surface area (Å²) in [6, 6.07) is 12.7. The van der Waals surface area contributed by atoms with Crippen LogP contribution in [0.3, 0.4) is 0 Å². The van der Waals surface area contributed by atoms with E-state index in [2.05, 4.69) is 26.0 Å². The maximum atomic E-state index is 13.5. The lowest BCUT2D eigenvalue weighted by atomic mass is 10.3. The molecule has 1 saturated carbocycles. The van der Waals surface area contributed by atoms with Crippen LogP contribution in [0.15, 0.2) is 48.5 Å². The first kappa shape index (κ1) is 18.5. The highest BCUT2D eigenvalue weighted by atomic mass is 19.1. The summed E-state index contributed by atoms with van der Waals surface area (Å²) in [5.41, 5.74) is 1.09. The third-order valence-electron chi connectivity index (χ3n) is 4.11. The summed E-state index contributed by atoms with van der Waals surface area (Å²) in [5, 5.41) is 17.1. The van der Waals surface area contributed by atoms with E-state index >= 15 is 0 Å². The van der Waals surface area contributed by atoms with E-state index in [-0.39, 0.29) is 30.1 Å². The SMILES string of the molecule is O=C(COc1ccccc1F)Nc1ccc(-n2nnc(C(=O)NC3CC3)n2)cc1. The van der Waals surface area contributed by atoms with E-state index < -0.39 is 11.7 Å². The number of carbonyl (C=O) groups excluding carboxylic acids is 2. The summed E-state index contributed by atoms with van der Waals surface area (Å²) in [6.45, 7) is -0.327. The van der Waals surface area contributed by atoms with E-state index in [1.54, 1.807) is 30.3 Å². The number of aromatic nitrogens is 4. The molecule has 0 aliphatic heterocycles. The van der Waals surface area contributed by atoms with Crippen LogP contribution in [-0.2, 0) is 4.79 Å². The number of carbonyl (C=O) groups is 2. The molecule has 1 aromatic heterocycles. The molecule has 2 N–H and O–H groups in total. The first-order valence-corrected chi connectivity index (χ1v) is 8.97. The number of nitrogens with one attached hydrogen (secondary N) is 2. The molecular formula is C19H17FN6O3. The molecule has 2 amide bonds. The Balaban J connectivity index is 1.33. The van der Waals surface area contributed by atoms with Gasteiger partial charge in [0.25, 0.3) is 17.6 Å².